The van der Waals surface area contributed by atoms with Gasteiger partial charge in [-0.3, -0.25) is 0 Å². The lowest BCUT2D eigenvalue weighted by Gasteiger charge is -2.36. The number of hydrogen-bond donors (Lipinski definition) is 0. The van der Waals surface area contributed by atoms with E-state index < -0.39 is 0 Å². The maximum absolute atomic E-state index is 4.75. The quantitative estimate of drug-likeness (QED) is 0.518. The van der Waals surface area contributed by atoms with E-state index in [0.717, 1.165) is 48.6 Å². The third-order valence-corrected chi connectivity index (χ3v) is 5.61. The standard InChI is InChI=1S/C18H21N7S/c1-26-18-20-14(13-2-3-13)12-17(21-18)24-10-8-23(9-11-24)16-5-4-15-19-6-7-25(15)22-16/h4-7,12-13H,2-3,8-11H2,1H3. The average Bonchev–Trinajstić information content (AvgIpc) is 3.45. The van der Waals surface area contributed by atoms with Crippen LogP contribution in [0, 0.1) is 0 Å². The molecule has 2 fully saturated rings. The predicted octanol–water partition coefficient (Wildman–Crippen LogP) is 2.45. The van der Waals surface area contributed by atoms with Crippen molar-refractivity contribution in [1.29, 1.82) is 0 Å². The Morgan fingerprint density at radius 3 is 2.50 bits per heavy atom. The molecule has 1 aliphatic carbocycles. The highest BCUT2D eigenvalue weighted by Crippen LogP contribution is 2.40. The minimum absolute atomic E-state index is 0.648. The van der Waals surface area contributed by atoms with Gasteiger partial charge in [0.25, 0.3) is 0 Å². The summed E-state index contributed by atoms with van der Waals surface area (Å²) in [5, 5.41) is 5.55. The fraction of sp³-hybridized carbons (Fsp3) is 0.444. The van der Waals surface area contributed by atoms with Crippen LogP contribution in [-0.2, 0) is 0 Å². The summed E-state index contributed by atoms with van der Waals surface area (Å²) in [6.45, 7) is 3.76. The van der Waals surface area contributed by atoms with E-state index in [1.54, 1.807) is 18.0 Å². The van der Waals surface area contributed by atoms with Gasteiger partial charge in [0.1, 0.15) is 11.6 Å². The number of rotatable bonds is 4. The van der Waals surface area contributed by atoms with Gasteiger partial charge in [-0.25, -0.2) is 19.5 Å². The number of fused-ring (bicyclic) bond motifs is 1. The monoisotopic (exact) mass is 367 g/mol. The Labute approximate surface area is 156 Å². The summed E-state index contributed by atoms with van der Waals surface area (Å²) in [6.07, 6.45) is 8.24. The van der Waals surface area contributed by atoms with Crippen molar-refractivity contribution < 1.29 is 0 Å². The lowest BCUT2D eigenvalue weighted by Crippen LogP contribution is -2.47. The first-order chi connectivity index (χ1) is 12.8. The lowest BCUT2D eigenvalue weighted by atomic mass is 10.2. The normalized spacial score (nSPS) is 17.9. The minimum Gasteiger partial charge on any atom is -0.353 e. The number of aromatic nitrogens is 5. The Morgan fingerprint density at radius 1 is 1.00 bits per heavy atom. The molecule has 0 amide bonds. The molecule has 26 heavy (non-hydrogen) atoms. The molecule has 8 heteroatoms. The number of anilines is 2. The SMILES string of the molecule is CSc1nc(C2CC2)cc(N2CCN(c3ccc4nccn4n3)CC2)n1. The van der Waals surface area contributed by atoms with Crippen molar-refractivity contribution in [1.82, 2.24) is 24.6 Å². The molecule has 1 saturated heterocycles. The molecule has 0 aromatic carbocycles. The van der Waals surface area contributed by atoms with Crippen LogP contribution in [0.2, 0.25) is 0 Å². The molecule has 0 spiro atoms. The van der Waals surface area contributed by atoms with Crippen LogP contribution in [0.4, 0.5) is 11.6 Å². The van der Waals surface area contributed by atoms with Crippen molar-refractivity contribution in [2.45, 2.75) is 23.9 Å². The predicted molar refractivity (Wildman–Crippen MR) is 103 cm³/mol. The van der Waals surface area contributed by atoms with E-state index in [4.69, 9.17) is 9.97 Å². The lowest BCUT2D eigenvalue weighted by molar-refractivity contribution is 0.631. The van der Waals surface area contributed by atoms with Crippen LogP contribution in [0.3, 0.4) is 0 Å². The van der Waals surface area contributed by atoms with Crippen molar-refractivity contribution in [3.05, 3.63) is 36.3 Å². The molecular formula is C18H21N7S. The van der Waals surface area contributed by atoms with Gasteiger partial charge >= 0.3 is 0 Å². The first kappa shape index (κ1) is 15.9. The van der Waals surface area contributed by atoms with E-state index in [1.165, 1.54) is 18.5 Å². The Balaban J connectivity index is 1.33. The van der Waals surface area contributed by atoms with E-state index in [1.807, 2.05) is 23.0 Å². The van der Waals surface area contributed by atoms with Crippen molar-refractivity contribution in [2.75, 3.05) is 42.2 Å². The highest BCUT2D eigenvalue weighted by atomic mass is 32.2. The second kappa shape index (κ2) is 6.42. The van der Waals surface area contributed by atoms with E-state index in [2.05, 4.69) is 32.0 Å². The van der Waals surface area contributed by atoms with Gasteiger partial charge < -0.3 is 9.80 Å². The van der Waals surface area contributed by atoms with Crippen molar-refractivity contribution in [3.63, 3.8) is 0 Å². The van der Waals surface area contributed by atoms with Crippen LogP contribution in [0.1, 0.15) is 24.5 Å². The molecule has 0 unspecified atom stereocenters. The fourth-order valence-corrected chi connectivity index (χ4v) is 3.79. The molecule has 4 heterocycles. The fourth-order valence-electron chi connectivity index (χ4n) is 3.41. The summed E-state index contributed by atoms with van der Waals surface area (Å²) < 4.78 is 1.83. The maximum Gasteiger partial charge on any atom is 0.189 e. The summed E-state index contributed by atoms with van der Waals surface area (Å²) in [7, 11) is 0. The second-order valence-corrected chi connectivity index (χ2v) is 7.58. The molecule has 0 atom stereocenters. The molecule has 0 radical (unpaired) electrons. The Hall–Kier alpha value is -2.35. The maximum atomic E-state index is 4.75. The molecule has 5 rings (SSSR count). The van der Waals surface area contributed by atoms with Gasteiger partial charge in [0.05, 0.1) is 5.69 Å². The number of piperazine rings is 1. The zero-order valence-corrected chi connectivity index (χ0v) is 15.6. The summed E-state index contributed by atoms with van der Waals surface area (Å²) in [6, 6.07) is 6.27. The highest BCUT2D eigenvalue weighted by molar-refractivity contribution is 7.98. The van der Waals surface area contributed by atoms with Gasteiger partial charge in [-0.2, -0.15) is 0 Å². The summed E-state index contributed by atoms with van der Waals surface area (Å²) in [4.78, 5) is 18.4. The van der Waals surface area contributed by atoms with Gasteiger partial charge in [-0.1, -0.05) is 11.8 Å². The van der Waals surface area contributed by atoms with E-state index in [9.17, 15) is 0 Å². The van der Waals surface area contributed by atoms with Crippen LogP contribution in [-0.4, -0.2) is 57.0 Å². The molecule has 2 aliphatic rings. The summed E-state index contributed by atoms with van der Waals surface area (Å²) >= 11 is 1.63. The second-order valence-electron chi connectivity index (χ2n) is 6.81. The highest BCUT2D eigenvalue weighted by Gasteiger charge is 2.27. The molecule has 3 aromatic rings. The van der Waals surface area contributed by atoms with Crippen LogP contribution in [0.25, 0.3) is 5.65 Å². The average molecular weight is 367 g/mol. The Kier molecular flexibility index (Phi) is 3.92. The molecule has 3 aromatic heterocycles. The van der Waals surface area contributed by atoms with Gasteiger partial charge in [-0.05, 0) is 31.2 Å². The molecule has 0 bridgehead atoms. The van der Waals surface area contributed by atoms with E-state index in [0.29, 0.717) is 5.92 Å². The molecule has 1 aliphatic heterocycles. The summed E-state index contributed by atoms with van der Waals surface area (Å²) in [5.41, 5.74) is 2.10. The molecular weight excluding hydrogens is 346 g/mol. The largest absolute Gasteiger partial charge is 0.353 e. The van der Waals surface area contributed by atoms with Crippen LogP contribution < -0.4 is 9.80 Å². The van der Waals surface area contributed by atoms with Gasteiger partial charge in [-0.15, -0.1) is 5.10 Å². The smallest absolute Gasteiger partial charge is 0.189 e. The van der Waals surface area contributed by atoms with Crippen LogP contribution >= 0.6 is 11.8 Å². The summed E-state index contributed by atoms with van der Waals surface area (Å²) in [5.74, 6) is 2.72. The van der Waals surface area contributed by atoms with Gasteiger partial charge in [0.2, 0.25) is 0 Å². The van der Waals surface area contributed by atoms with Crippen molar-refractivity contribution in [3.8, 4) is 0 Å². The minimum atomic E-state index is 0.648. The topological polar surface area (TPSA) is 62.5 Å². The number of imidazole rings is 1. The molecule has 1 saturated carbocycles. The molecule has 7 nitrogen and oxygen atoms in total. The van der Waals surface area contributed by atoms with E-state index >= 15 is 0 Å². The number of thioether (sulfide) groups is 1. The Bertz CT molecular complexity index is 928. The molecule has 134 valence electrons. The van der Waals surface area contributed by atoms with Crippen molar-refractivity contribution in [2.24, 2.45) is 0 Å². The third-order valence-electron chi connectivity index (χ3n) is 5.06. The van der Waals surface area contributed by atoms with Gasteiger partial charge in [0.15, 0.2) is 10.8 Å². The Morgan fingerprint density at radius 2 is 1.77 bits per heavy atom. The molecule has 0 N–H and O–H groups in total. The zero-order valence-electron chi connectivity index (χ0n) is 14.7. The van der Waals surface area contributed by atoms with Crippen molar-refractivity contribution >= 4 is 29.0 Å². The van der Waals surface area contributed by atoms with Crippen LogP contribution in [0.15, 0.2) is 35.7 Å². The van der Waals surface area contributed by atoms with Crippen LogP contribution in [0.5, 0.6) is 0 Å². The van der Waals surface area contributed by atoms with E-state index in [-0.39, 0.29) is 0 Å². The van der Waals surface area contributed by atoms with Gasteiger partial charge in [0, 0.05) is 50.6 Å². The first-order valence-corrected chi connectivity index (χ1v) is 10.3. The first-order valence-electron chi connectivity index (χ1n) is 9.03. The number of hydrogen-bond acceptors (Lipinski definition) is 7. The number of nitrogens with zero attached hydrogens (tertiary/aromatic N) is 7. The zero-order chi connectivity index (χ0) is 17.5. The third kappa shape index (κ3) is 2.98.